The Labute approximate surface area is 108 Å². The molecule has 1 aromatic heterocycles. The van der Waals surface area contributed by atoms with Crippen molar-refractivity contribution >= 4 is 15.9 Å². The Balaban J connectivity index is 2.28. The van der Waals surface area contributed by atoms with E-state index in [0.717, 1.165) is 10.0 Å². The number of nitrogens with zero attached hydrogens (tertiary/aromatic N) is 1. The molecule has 0 spiro atoms. The predicted octanol–water partition coefficient (Wildman–Crippen LogP) is 4.39. The molecule has 0 bridgehead atoms. The van der Waals surface area contributed by atoms with Gasteiger partial charge in [0.2, 0.25) is 5.88 Å². The maximum Gasteiger partial charge on any atom is 0.222 e. The number of ether oxygens (including phenoxy) is 1. The molecule has 88 valence electrons. The molecule has 1 aromatic carbocycles. The highest BCUT2D eigenvalue weighted by atomic mass is 79.9. The van der Waals surface area contributed by atoms with Crippen LogP contribution in [0, 0.1) is 19.7 Å². The maximum atomic E-state index is 13.3. The van der Waals surface area contributed by atoms with Crippen molar-refractivity contribution in [3.63, 3.8) is 0 Å². The van der Waals surface area contributed by atoms with Gasteiger partial charge in [0.05, 0.1) is 0 Å². The van der Waals surface area contributed by atoms with Gasteiger partial charge in [0.1, 0.15) is 11.6 Å². The van der Waals surface area contributed by atoms with Crippen molar-refractivity contribution in [1.29, 1.82) is 0 Å². The largest absolute Gasteiger partial charge is 0.439 e. The fourth-order valence-corrected chi connectivity index (χ4v) is 1.83. The van der Waals surface area contributed by atoms with Crippen LogP contribution in [0.5, 0.6) is 11.6 Å². The van der Waals surface area contributed by atoms with Crippen LogP contribution in [0.2, 0.25) is 0 Å². The van der Waals surface area contributed by atoms with Gasteiger partial charge in [-0.25, -0.2) is 9.37 Å². The predicted molar refractivity (Wildman–Crippen MR) is 67.9 cm³/mol. The Kier molecular flexibility index (Phi) is 3.43. The molecular formula is C13H11BrFNO. The summed E-state index contributed by atoms with van der Waals surface area (Å²) in [5.74, 6) is 0.653. The molecule has 0 atom stereocenters. The normalized spacial score (nSPS) is 10.4. The van der Waals surface area contributed by atoms with Gasteiger partial charge >= 0.3 is 0 Å². The number of aryl methyl sites for hydroxylation is 2. The first-order valence-electron chi connectivity index (χ1n) is 5.12. The lowest BCUT2D eigenvalue weighted by Crippen LogP contribution is -1.92. The Hall–Kier alpha value is -1.42. The van der Waals surface area contributed by atoms with E-state index in [1.807, 2.05) is 13.0 Å². The van der Waals surface area contributed by atoms with Crippen molar-refractivity contribution in [2.75, 3.05) is 0 Å². The van der Waals surface area contributed by atoms with Crippen LogP contribution in [0.1, 0.15) is 11.1 Å². The SMILES string of the molecule is Cc1ccc(Oc2ncc(Br)cc2C)cc1F. The minimum absolute atomic E-state index is 0.280. The average Bonchev–Trinajstić information content (AvgIpc) is 2.27. The lowest BCUT2D eigenvalue weighted by atomic mass is 10.2. The summed E-state index contributed by atoms with van der Waals surface area (Å²) in [5, 5.41) is 0. The maximum absolute atomic E-state index is 13.3. The minimum atomic E-state index is -0.280. The number of hydrogen-bond acceptors (Lipinski definition) is 2. The standard InChI is InChI=1S/C13H11BrFNO/c1-8-3-4-11(6-12(8)15)17-13-9(2)5-10(14)7-16-13/h3-7H,1-2H3. The van der Waals surface area contributed by atoms with Gasteiger partial charge in [-0.15, -0.1) is 0 Å². The van der Waals surface area contributed by atoms with Crippen molar-refractivity contribution in [2.24, 2.45) is 0 Å². The molecule has 0 aliphatic rings. The van der Waals surface area contributed by atoms with Crippen molar-refractivity contribution in [3.05, 3.63) is 51.9 Å². The molecule has 0 fully saturated rings. The van der Waals surface area contributed by atoms with Crippen LogP contribution in [-0.4, -0.2) is 4.98 Å². The van der Waals surface area contributed by atoms with Gasteiger partial charge in [0.15, 0.2) is 0 Å². The van der Waals surface area contributed by atoms with Crippen molar-refractivity contribution in [1.82, 2.24) is 4.98 Å². The summed E-state index contributed by atoms with van der Waals surface area (Å²) >= 11 is 3.32. The van der Waals surface area contributed by atoms with Crippen LogP contribution in [0.15, 0.2) is 34.9 Å². The molecule has 0 radical (unpaired) electrons. The number of rotatable bonds is 2. The Morgan fingerprint density at radius 3 is 2.59 bits per heavy atom. The topological polar surface area (TPSA) is 22.1 Å². The van der Waals surface area contributed by atoms with E-state index >= 15 is 0 Å². The van der Waals surface area contributed by atoms with Crippen LogP contribution in [0.4, 0.5) is 4.39 Å². The van der Waals surface area contributed by atoms with Crippen LogP contribution in [-0.2, 0) is 0 Å². The highest BCUT2D eigenvalue weighted by Crippen LogP contribution is 2.25. The van der Waals surface area contributed by atoms with E-state index in [1.165, 1.54) is 6.07 Å². The number of pyridine rings is 1. The summed E-state index contributed by atoms with van der Waals surface area (Å²) in [4.78, 5) is 4.13. The third-order valence-electron chi connectivity index (χ3n) is 2.35. The van der Waals surface area contributed by atoms with Crippen molar-refractivity contribution in [3.8, 4) is 11.6 Å². The fraction of sp³-hybridized carbons (Fsp3) is 0.154. The number of benzene rings is 1. The Morgan fingerprint density at radius 2 is 1.94 bits per heavy atom. The zero-order valence-corrected chi connectivity index (χ0v) is 11.1. The lowest BCUT2D eigenvalue weighted by molar-refractivity contribution is 0.453. The van der Waals surface area contributed by atoms with Gasteiger partial charge in [-0.3, -0.25) is 0 Å². The van der Waals surface area contributed by atoms with Gasteiger partial charge in [-0.05, 0) is 47.5 Å². The number of aromatic nitrogens is 1. The number of hydrogen-bond donors (Lipinski definition) is 0. The summed E-state index contributed by atoms with van der Waals surface area (Å²) in [5.41, 5.74) is 1.48. The summed E-state index contributed by atoms with van der Waals surface area (Å²) in [7, 11) is 0. The van der Waals surface area contributed by atoms with Crippen LogP contribution in [0.25, 0.3) is 0 Å². The molecule has 0 unspecified atom stereocenters. The third-order valence-corrected chi connectivity index (χ3v) is 2.79. The van der Waals surface area contributed by atoms with E-state index < -0.39 is 0 Å². The molecule has 4 heteroatoms. The minimum Gasteiger partial charge on any atom is -0.439 e. The number of halogens is 2. The van der Waals surface area contributed by atoms with E-state index in [0.29, 0.717) is 17.2 Å². The zero-order valence-electron chi connectivity index (χ0n) is 9.50. The molecular weight excluding hydrogens is 285 g/mol. The molecule has 0 aliphatic carbocycles. The molecule has 17 heavy (non-hydrogen) atoms. The van der Waals surface area contributed by atoms with E-state index in [1.54, 1.807) is 25.3 Å². The fourth-order valence-electron chi connectivity index (χ4n) is 1.38. The molecule has 1 heterocycles. The summed E-state index contributed by atoms with van der Waals surface area (Å²) in [6.45, 7) is 3.60. The van der Waals surface area contributed by atoms with Gasteiger partial charge in [0.25, 0.3) is 0 Å². The monoisotopic (exact) mass is 295 g/mol. The average molecular weight is 296 g/mol. The molecule has 2 nitrogen and oxygen atoms in total. The molecule has 0 amide bonds. The second kappa shape index (κ2) is 4.84. The van der Waals surface area contributed by atoms with Gasteiger partial charge in [-0.1, -0.05) is 6.07 Å². The van der Waals surface area contributed by atoms with E-state index in [4.69, 9.17) is 4.74 Å². The zero-order chi connectivity index (χ0) is 12.4. The Morgan fingerprint density at radius 1 is 1.18 bits per heavy atom. The third kappa shape index (κ3) is 2.82. The summed E-state index contributed by atoms with van der Waals surface area (Å²) in [6, 6.07) is 6.66. The van der Waals surface area contributed by atoms with Crippen LogP contribution < -0.4 is 4.74 Å². The van der Waals surface area contributed by atoms with Crippen LogP contribution in [0.3, 0.4) is 0 Å². The van der Waals surface area contributed by atoms with E-state index in [9.17, 15) is 4.39 Å². The molecule has 0 aliphatic heterocycles. The first kappa shape index (κ1) is 12.0. The first-order valence-corrected chi connectivity index (χ1v) is 5.92. The lowest BCUT2D eigenvalue weighted by Gasteiger charge is -2.08. The van der Waals surface area contributed by atoms with Gasteiger partial charge in [0, 0.05) is 22.3 Å². The first-order chi connectivity index (χ1) is 8.06. The molecule has 0 N–H and O–H groups in total. The van der Waals surface area contributed by atoms with E-state index in [-0.39, 0.29) is 5.82 Å². The van der Waals surface area contributed by atoms with E-state index in [2.05, 4.69) is 20.9 Å². The van der Waals surface area contributed by atoms with Crippen molar-refractivity contribution in [2.45, 2.75) is 13.8 Å². The Bertz CT molecular complexity index is 557. The summed E-state index contributed by atoms with van der Waals surface area (Å²) < 4.78 is 19.8. The molecule has 0 saturated carbocycles. The van der Waals surface area contributed by atoms with Gasteiger partial charge in [-0.2, -0.15) is 0 Å². The van der Waals surface area contributed by atoms with Crippen LogP contribution >= 0.6 is 15.9 Å². The van der Waals surface area contributed by atoms with Gasteiger partial charge < -0.3 is 4.74 Å². The molecule has 0 saturated heterocycles. The highest BCUT2D eigenvalue weighted by molar-refractivity contribution is 9.10. The molecule has 2 aromatic rings. The highest BCUT2D eigenvalue weighted by Gasteiger charge is 2.05. The smallest absolute Gasteiger partial charge is 0.222 e. The molecule has 2 rings (SSSR count). The van der Waals surface area contributed by atoms with Crippen molar-refractivity contribution < 1.29 is 9.13 Å². The summed E-state index contributed by atoms with van der Waals surface area (Å²) in [6.07, 6.45) is 1.65. The second-order valence-electron chi connectivity index (χ2n) is 3.79. The quantitative estimate of drug-likeness (QED) is 0.820. The second-order valence-corrected chi connectivity index (χ2v) is 4.70.